The first kappa shape index (κ1) is 20.8. The lowest BCUT2D eigenvalue weighted by molar-refractivity contribution is -0.147. The van der Waals surface area contributed by atoms with Gasteiger partial charge in [0.05, 0.1) is 5.75 Å². The van der Waals surface area contributed by atoms with Crippen molar-refractivity contribution in [2.75, 3.05) is 12.4 Å². The second kappa shape index (κ2) is 8.33. The maximum Gasteiger partial charge on any atom is 0.316 e. The molecule has 0 aromatic heterocycles. The van der Waals surface area contributed by atoms with Gasteiger partial charge in [-0.3, -0.25) is 9.59 Å². The number of thioether (sulfide) groups is 1. The number of aryl methyl sites for hydroxylation is 2. The minimum Gasteiger partial charge on any atom is -0.455 e. The number of benzene rings is 1. The predicted molar refractivity (Wildman–Crippen MR) is 116 cm³/mol. The fraction of sp³-hybridized carbons (Fsp3) is 0.667. The molecule has 0 saturated heterocycles. The fourth-order valence-electron chi connectivity index (χ4n) is 6.33. The highest BCUT2D eigenvalue weighted by Gasteiger charge is 2.53. The van der Waals surface area contributed by atoms with Crippen molar-refractivity contribution in [1.29, 1.82) is 0 Å². The summed E-state index contributed by atoms with van der Waals surface area (Å²) in [6, 6.07) is 6.36. The molecule has 0 aliphatic heterocycles. The predicted octanol–water partition coefficient (Wildman–Crippen LogP) is 4.66. The summed E-state index contributed by atoms with van der Waals surface area (Å²) in [5.41, 5.74) is 2.59. The SMILES string of the molecule is Cc1ccc(C)c(SCC(=O)OCC(=O)N[C@H](C)C23CC4CC(CC(C4)C2)C3)c1. The summed E-state index contributed by atoms with van der Waals surface area (Å²) >= 11 is 1.47. The van der Waals surface area contributed by atoms with Gasteiger partial charge in [-0.1, -0.05) is 17.7 Å². The number of carbonyl (C=O) groups is 2. The first-order chi connectivity index (χ1) is 13.8. The Morgan fingerprint density at radius 3 is 2.38 bits per heavy atom. The average molecular weight is 416 g/mol. The Morgan fingerprint density at radius 1 is 1.14 bits per heavy atom. The van der Waals surface area contributed by atoms with E-state index in [0.717, 1.165) is 28.2 Å². The lowest BCUT2D eigenvalue weighted by Crippen LogP contribution is -2.56. The molecule has 1 amide bonds. The Balaban J connectivity index is 1.23. The van der Waals surface area contributed by atoms with Crippen molar-refractivity contribution in [3.05, 3.63) is 29.3 Å². The lowest BCUT2D eigenvalue weighted by Gasteiger charge is -2.59. The third-order valence-electron chi connectivity index (χ3n) is 7.44. The molecule has 4 aliphatic rings. The third kappa shape index (κ3) is 4.65. The average Bonchev–Trinajstić information content (AvgIpc) is 2.66. The van der Waals surface area contributed by atoms with E-state index in [-0.39, 0.29) is 35.7 Å². The number of hydrogen-bond acceptors (Lipinski definition) is 4. The quantitative estimate of drug-likeness (QED) is 0.520. The Labute approximate surface area is 178 Å². The van der Waals surface area contributed by atoms with Gasteiger partial charge >= 0.3 is 5.97 Å². The van der Waals surface area contributed by atoms with Gasteiger partial charge in [0.2, 0.25) is 0 Å². The molecule has 4 bridgehead atoms. The van der Waals surface area contributed by atoms with Crippen LogP contribution in [0, 0.1) is 37.0 Å². The molecule has 0 heterocycles. The number of nitrogens with one attached hydrogen (secondary N) is 1. The van der Waals surface area contributed by atoms with Crippen LogP contribution in [0.25, 0.3) is 0 Å². The minimum absolute atomic E-state index is 0.159. The van der Waals surface area contributed by atoms with Crippen molar-refractivity contribution in [3.63, 3.8) is 0 Å². The van der Waals surface area contributed by atoms with E-state index in [1.54, 1.807) is 0 Å². The van der Waals surface area contributed by atoms with Gasteiger partial charge in [0.15, 0.2) is 6.61 Å². The van der Waals surface area contributed by atoms with Crippen molar-refractivity contribution < 1.29 is 14.3 Å². The smallest absolute Gasteiger partial charge is 0.316 e. The highest BCUT2D eigenvalue weighted by molar-refractivity contribution is 8.00. The normalized spacial score (nSPS) is 30.8. The first-order valence-corrected chi connectivity index (χ1v) is 12.0. The number of rotatable bonds is 7. The van der Waals surface area contributed by atoms with E-state index in [1.165, 1.54) is 55.9 Å². The van der Waals surface area contributed by atoms with Gasteiger partial charge in [0.1, 0.15) is 0 Å². The maximum atomic E-state index is 12.4. The molecule has 1 N–H and O–H groups in total. The Hall–Kier alpha value is -1.49. The second-order valence-corrected chi connectivity index (χ2v) is 10.8. The van der Waals surface area contributed by atoms with E-state index in [0.29, 0.717) is 0 Å². The van der Waals surface area contributed by atoms with Gasteiger partial charge in [-0.2, -0.15) is 0 Å². The monoisotopic (exact) mass is 415 g/mol. The molecule has 0 radical (unpaired) electrons. The van der Waals surface area contributed by atoms with Crippen LogP contribution < -0.4 is 5.32 Å². The van der Waals surface area contributed by atoms with E-state index in [2.05, 4.69) is 30.4 Å². The summed E-state index contributed by atoms with van der Waals surface area (Å²) in [6.07, 6.45) is 7.97. The van der Waals surface area contributed by atoms with Gasteiger partial charge < -0.3 is 10.1 Å². The maximum absolute atomic E-state index is 12.4. The van der Waals surface area contributed by atoms with E-state index in [4.69, 9.17) is 4.74 Å². The van der Waals surface area contributed by atoms with E-state index in [1.807, 2.05) is 13.8 Å². The molecule has 0 unspecified atom stereocenters. The van der Waals surface area contributed by atoms with E-state index < -0.39 is 0 Å². The van der Waals surface area contributed by atoms with Crippen LogP contribution in [0.5, 0.6) is 0 Å². The van der Waals surface area contributed by atoms with Crippen molar-refractivity contribution in [2.45, 2.75) is 70.2 Å². The van der Waals surface area contributed by atoms with Gasteiger partial charge in [0.25, 0.3) is 5.91 Å². The Bertz CT molecular complexity index is 755. The zero-order chi connectivity index (χ0) is 20.6. The molecule has 0 spiro atoms. The van der Waals surface area contributed by atoms with Gasteiger partial charge in [0, 0.05) is 10.9 Å². The molecule has 5 heteroatoms. The van der Waals surface area contributed by atoms with Crippen molar-refractivity contribution in [1.82, 2.24) is 5.32 Å². The standard InChI is InChI=1S/C24H33NO3S/c1-15-4-5-16(2)21(6-15)29-14-23(27)28-13-22(26)25-17(3)24-10-18-7-19(11-24)9-20(8-18)12-24/h4-6,17-20H,7-14H2,1-3H3,(H,25,26)/t17-,18?,19?,20?,24?/m1/s1. The molecule has 1 aromatic rings. The molecule has 1 atom stereocenters. The molecule has 29 heavy (non-hydrogen) atoms. The van der Waals surface area contributed by atoms with Gasteiger partial charge in [-0.25, -0.2) is 0 Å². The van der Waals surface area contributed by atoms with Crippen LogP contribution in [0.4, 0.5) is 0 Å². The zero-order valence-corrected chi connectivity index (χ0v) is 18.6. The molecule has 4 fully saturated rings. The van der Waals surface area contributed by atoms with Gasteiger partial charge in [-0.05, 0) is 94.1 Å². The van der Waals surface area contributed by atoms with Crippen LogP contribution in [-0.2, 0) is 14.3 Å². The molecular formula is C24H33NO3S. The van der Waals surface area contributed by atoms with Crippen molar-refractivity contribution in [2.24, 2.45) is 23.2 Å². The fourth-order valence-corrected chi connectivity index (χ4v) is 7.25. The van der Waals surface area contributed by atoms with Crippen LogP contribution in [0.2, 0.25) is 0 Å². The molecule has 4 saturated carbocycles. The van der Waals surface area contributed by atoms with Gasteiger partial charge in [-0.15, -0.1) is 11.8 Å². The van der Waals surface area contributed by atoms with Crippen LogP contribution >= 0.6 is 11.8 Å². The van der Waals surface area contributed by atoms with E-state index >= 15 is 0 Å². The summed E-state index contributed by atoms with van der Waals surface area (Å²) < 4.78 is 5.24. The highest BCUT2D eigenvalue weighted by Crippen LogP contribution is 2.61. The van der Waals surface area contributed by atoms with Crippen molar-refractivity contribution >= 4 is 23.6 Å². The summed E-state index contributed by atoms with van der Waals surface area (Å²) in [4.78, 5) is 25.6. The number of esters is 1. The highest BCUT2D eigenvalue weighted by atomic mass is 32.2. The zero-order valence-electron chi connectivity index (χ0n) is 17.8. The van der Waals surface area contributed by atoms with Crippen LogP contribution in [0.15, 0.2) is 23.1 Å². The topological polar surface area (TPSA) is 55.4 Å². The molecule has 5 rings (SSSR count). The van der Waals surface area contributed by atoms with Crippen LogP contribution in [-0.4, -0.2) is 30.3 Å². The number of amides is 1. The summed E-state index contributed by atoms with van der Waals surface area (Å²) in [5.74, 6) is 2.30. The Morgan fingerprint density at radius 2 is 1.76 bits per heavy atom. The van der Waals surface area contributed by atoms with Crippen LogP contribution in [0.1, 0.15) is 56.6 Å². The largest absolute Gasteiger partial charge is 0.455 e. The van der Waals surface area contributed by atoms with Crippen LogP contribution in [0.3, 0.4) is 0 Å². The molecular weight excluding hydrogens is 382 g/mol. The van der Waals surface area contributed by atoms with Crippen molar-refractivity contribution in [3.8, 4) is 0 Å². The first-order valence-electron chi connectivity index (χ1n) is 11.0. The second-order valence-electron chi connectivity index (χ2n) is 9.79. The minimum atomic E-state index is -0.339. The van der Waals surface area contributed by atoms with E-state index in [9.17, 15) is 9.59 Å². The summed E-state index contributed by atoms with van der Waals surface area (Å²) in [5, 5.41) is 3.16. The number of hydrogen-bond donors (Lipinski definition) is 1. The molecule has 4 aliphatic carbocycles. The summed E-state index contributed by atoms with van der Waals surface area (Å²) in [6.45, 7) is 6.05. The summed E-state index contributed by atoms with van der Waals surface area (Å²) in [7, 11) is 0. The number of ether oxygens (including phenoxy) is 1. The Kier molecular flexibility index (Phi) is 5.97. The lowest BCUT2D eigenvalue weighted by atomic mass is 9.48. The third-order valence-corrected chi connectivity index (χ3v) is 8.57. The molecule has 1 aromatic carbocycles. The molecule has 158 valence electrons. The molecule has 4 nitrogen and oxygen atoms in total. The number of carbonyl (C=O) groups excluding carboxylic acids is 2.